The second-order valence-electron chi connectivity index (χ2n) is 4.77. The maximum Gasteiger partial charge on any atom is 0.262 e. The number of rotatable bonds is 2. The highest BCUT2D eigenvalue weighted by Gasteiger charge is 2.26. The topological polar surface area (TPSA) is 20.3 Å². The number of nitrogens with zero attached hydrogens (tertiary/aromatic N) is 1. The van der Waals surface area contributed by atoms with E-state index in [0.29, 0.717) is 0 Å². The molecule has 0 aliphatic carbocycles. The predicted molar refractivity (Wildman–Crippen MR) is 82.1 cm³/mol. The van der Waals surface area contributed by atoms with Crippen molar-refractivity contribution < 1.29 is 4.79 Å². The molecule has 1 aliphatic rings. The molecule has 0 spiro atoms. The van der Waals surface area contributed by atoms with Crippen molar-refractivity contribution in [3.63, 3.8) is 0 Å². The number of benzene rings is 2. The highest BCUT2D eigenvalue weighted by Crippen LogP contribution is 2.28. The summed E-state index contributed by atoms with van der Waals surface area (Å²) < 4.78 is 0. The summed E-state index contributed by atoms with van der Waals surface area (Å²) in [6.45, 7) is 1.96. The Labute approximate surface area is 118 Å². The van der Waals surface area contributed by atoms with E-state index in [2.05, 4.69) is 0 Å². The molecule has 1 amide bonds. The van der Waals surface area contributed by atoms with Gasteiger partial charge in [-0.1, -0.05) is 48.5 Å². The van der Waals surface area contributed by atoms with Gasteiger partial charge in [-0.3, -0.25) is 9.69 Å². The van der Waals surface area contributed by atoms with Gasteiger partial charge in [-0.05, 0) is 36.8 Å². The van der Waals surface area contributed by atoms with Crippen LogP contribution >= 0.6 is 0 Å². The van der Waals surface area contributed by atoms with Gasteiger partial charge in [0.15, 0.2) is 0 Å². The Morgan fingerprint density at radius 3 is 2.15 bits per heavy atom. The molecule has 2 heteroatoms. The van der Waals surface area contributed by atoms with Crippen LogP contribution in [0.4, 0.5) is 5.69 Å². The normalized spacial score (nSPS) is 16.6. The molecule has 2 nitrogen and oxygen atoms in total. The number of amides is 1. The summed E-state index contributed by atoms with van der Waals surface area (Å²) in [6.07, 6.45) is 3.86. The maximum atomic E-state index is 12.5. The molecule has 0 bridgehead atoms. The van der Waals surface area contributed by atoms with Crippen LogP contribution in [0.3, 0.4) is 0 Å². The van der Waals surface area contributed by atoms with Gasteiger partial charge in [0.05, 0.1) is 0 Å². The predicted octanol–water partition coefficient (Wildman–Crippen LogP) is 4.02. The fraction of sp³-hybridized carbons (Fsp3) is 0.0556. The van der Waals surface area contributed by atoms with Gasteiger partial charge >= 0.3 is 0 Å². The van der Waals surface area contributed by atoms with Crippen molar-refractivity contribution in [1.29, 1.82) is 0 Å². The van der Waals surface area contributed by atoms with Crippen LogP contribution in [0.15, 0.2) is 78.0 Å². The van der Waals surface area contributed by atoms with Crippen molar-refractivity contribution in [2.24, 2.45) is 0 Å². The van der Waals surface area contributed by atoms with Gasteiger partial charge in [-0.15, -0.1) is 0 Å². The molecule has 20 heavy (non-hydrogen) atoms. The van der Waals surface area contributed by atoms with Crippen molar-refractivity contribution in [3.05, 3.63) is 83.6 Å². The average Bonchev–Trinajstić information content (AvgIpc) is 2.75. The van der Waals surface area contributed by atoms with E-state index in [0.717, 1.165) is 22.5 Å². The first-order chi connectivity index (χ1) is 9.75. The van der Waals surface area contributed by atoms with Gasteiger partial charge in [-0.25, -0.2) is 0 Å². The Morgan fingerprint density at radius 2 is 1.50 bits per heavy atom. The van der Waals surface area contributed by atoms with Crippen LogP contribution in [0, 0.1) is 0 Å². The summed E-state index contributed by atoms with van der Waals surface area (Å²) in [4.78, 5) is 14.3. The SMILES string of the molecule is CC1=C/C(=C\c2ccccc2)C(=O)N1c1ccccc1. The summed E-state index contributed by atoms with van der Waals surface area (Å²) in [5.41, 5.74) is 3.61. The van der Waals surface area contributed by atoms with E-state index < -0.39 is 0 Å². The number of carbonyl (C=O) groups excluding carboxylic acids is 1. The third kappa shape index (κ3) is 2.28. The average molecular weight is 261 g/mol. The van der Waals surface area contributed by atoms with Crippen LogP contribution in [0.5, 0.6) is 0 Å². The summed E-state index contributed by atoms with van der Waals surface area (Å²) >= 11 is 0. The zero-order valence-corrected chi connectivity index (χ0v) is 11.3. The highest BCUT2D eigenvalue weighted by molar-refractivity contribution is 6.15. The van der Waals surface area contributed by atoms with Crippen molar-refractivity contribution in [3.8, 4) is 0 Å². The molecule has 1 aliphatic heterocycles. The first kappa shape index (κ1) is 12.4. The molecule has 0 aromatic heterocycles. The van der Waals surface area contributed by atoms with Crippen molar-refractivity contribution in [2.45, 2.75) is 6.92 Å². The lowest BCUT2D eigenvalue weighted by Gasteiger charge is -2.17. The fourth-order valence-corrected chi connectivity index (χ4v) is 2.37. The molecule has 2 aromatic rings. The lowest BCUT2D eigenvalue weighted by atomic mass is 10.1. The monoisotopic (exact) mass is 261 g/mol. The van der Waals surface area contributed by atoms with Crippen molar-refractivity contribution in [1.82, 2.24) is 0 Å². The Morgan fingerprint density at radius 1 is 0.900 bits per heavy atom. The molecule has 3 rings (SSSR count). The largest absolute Gasteiger partial charge is 0.281 e. The molecule has 0 N–H and O–H groups in total. The first-order valence-corrected chi connectivity index (χ1v) is 6.60. The van der Waals surface area contributed by atoms with Gasteiger partial charge in [0, 0.05) is 17.0 Å². The molecule has 2 aromatic carbocycles. The smallest absolute Gasteiger partial charge is 0.262 e. The van der Waals surface area contributed by atoms with Gasteiger partial charge in [0.2, 0.25) is 0 Å². The number of hydrogen-bond acceptors (Lipinski definition) is 1. The fourth-order valence-electron chi connectivity index (χ4n) is 2.37. The Balaban J connectivity index is 1.95. The number of allylic oxidation sites excluding steroid dienone is 1. The summed E-state index contributed by atoms with van der Waals surface area (Å²) in [5.74, 6) is 0.0255. The van der Waals surface area contributed by atoms with Crippen LogP contribution < -0.4 is 4.90 Å². The van der Waals surface area contributed by atoms with E-state index in [1.165, 1.54) is 0 Å². The van der Waals surface area contributed by atoms with E-state index in [1.54, 1.807) is 4.90 Å². The highest BCUT2D eigenvalue weighted by atomic mass is 16.2. The van der Waals surface area contributed by atoms with Gasteiger partial charge in [0.25, 0.3) is 5.91 Å². The lowest BCUT2D eigenvalue weighted by molar-refractivity contribution is -0.113. The minimum absolute atomic E-state index is 0.0255. The maximum absolute atomic E-state index is 12.5. The van der Waals surface area contributed by atoms with Crippen LogP contribution in [0.2, 0.25) is 0 Å². The molecular weight excluding hydrogens is 246 g/mol. The number of anilines is 1. The zero-order valence-electron chi connectivity index (χ0n) is 11.3. The molecule has 0 atom stereocenters. The minimum atomic E-state index is 0.0255. The van der Waals surface area contributed by atoms with Crippen LogP contribution in [0.1, 0.15) is 12.5 Å². The molecule has 0 fully saturated rings. The zero-order chi connectivity index (χ0) is 13.9. The van der Waals surface area contributed by atoms with E-state index in [4.69, 9.17) is 0 Å². The standard InChI is InChI=1S/C18H15NO/c1-14-12-16(13-15-8-4-2-5-9-15)18(20)19(14)17-10-6-3-7-11-17/h2-13H,1H3/b16-13+. The Kier molecular flexibility index (Phi) is 3.21. The van der Waals surface area contributed by atoms with Crippen LogP contribution in [0.25, 0.3) is 6.08 Å². The minimum Gasteiger partial charge on any atom is -0.281 e. The van der Waals surface area contributed by atoms with Gasteiger partial charge in [-0.2, -0.15) is 0 Å². The summed E-state index contributed by atoms with van der Waals surface area (Å²) in [5, 5.41) is 0. The van der Waals surface area contributed by atoms with Crippen molar-refractivity contribution >= 4 is 17.7 Å². The second-order valence-corrected chi connectivity index (χ2v) is 4.77. The van der Waals surface area contributed by atoms with E-state index in [-0.39, 0.29) is 5.91 Å². The molecule has 98 valence electrons. The third-order valence-corrected chi connectivity index (χ3v) is 3.30. The molecule has 1 heterocycles. The van der Waals surface area contributed by atoms with E-state index >= 15 is 0 Å². The summed E-state index contributed by atoms with van der Waals surface area (Å²) in [6, 6.07) is 19.6. The third-order valence-electron chi connectivity index (χ3n) is 3.30. The van der Waals surface area contributed by atoms with Gasteiger partial charge in [0.1, 0.15) is 0 Å². The van der Waals surface area contributed by atoms with E-state index in [9.17, 15) is 4.79 Å². The molecule has 0 saturated heterocycles. The summed E-state index contributed by atoms with van der Waals surface area (Å²) in [7, 11) is 0. The Hall–Kier alpha value is -2.61. The number of para-hydroxylation sites is 1. The van der Waals surface area contributed by atoms with Gasteiger partial charge < -0.3 is 0 Å². The molecular formula is C18H15NO. The quantitative estimate of drug-likeness (QED) is 0.748. The van der Waals surface area contributed by atoms with E-state index in [1.807, 2.05) is 79.7 Å². The lowest BCUT2D eigenvalue weighted by Crippen LogP contribution is -2.24. The van der Waals surface area contributed by atoms with Crippen molar-refractivity contribution in [2.75, 3.05) is 4.90 Å². The Bertz CT molecular complexity index is 684. The van der Waals surface area contributed by atoms with Crippen LogP contribution in [-0.2, 0) is 4.79 Å². The molecule has 0 unspecified atom stereocenters. The number of carbonyl (C=O) groups is 1. The van der Waals surface area contributed by atoms with Crippen LogP contribution in [-0.4, -0.2) is 5.91 Å². The molecule has 0 radical (unpaired) electrons. The second kappa shape index (κ2) is 5.17. The number of hydrogen-bond donors (Lipinski definition) is 0. The first-order valence-electron chi connectivity index (χ1n) is 6.60. The molecule has 0 saturated carbocycles.